The average Bonchev–Trinajstić information content (AvgIpc) is 2.76. The van der Waals surface area contributed by atoms with Crippen molar-refractivity contribution in [2.24, 2.45) is 0 Å². The van der Waals surface area contributed by atoms with Crippen molar-refractivity contribution >= 4 is 68.7 Å². The monoisotopic (exact) mass is 542 g/mol. The second-order valence-electron chi connectivity index (χ2n) is 7.51. The number of rotatable bonds is 4. The summed E-state index contributed by atoms with van der Waals surface area (Å²) in [6.07, 6.45) is 2.04. The van der Waals surface area contributed by atoms with Crippen LogP contribution in [-0.2, 0) is 16.0 Å². The number of halogens is 3. The predicted molar refractivity (Wildman–Crippen MR) is 134 cm³/mol. The van der Waals surface area contributed by atoms with Crippen LogP contribution in [-0.4, -0.2) is 17.8 Å². The van der Waals surface area contributed by atoms with Crippen LogP contribution < -0.4 is 10.2 Å². The van der Waals surface area contributed by atoms with Gasteiger partial charge in [0, 0.05) is 20.9 Å². The predicted octanol–water partition coefficient (Wildman–Crippen LogP) is 6.32. The smallest absolute Gasteiger partial charge is 0.273 e. The molecule has 1 N–H and O–H groups in total. The van der Waals surface area contributed by atoms with E-state index in [1.807, 2.05) is 30.3 Å². The van der Waals surface area contributed by atoms with Crippen molar-refractivity contribution in [3.05, 3.63) is 103 Å². The van der Waals surface area contributed by atoms with Crippen LogP contribution in [0.1, 0.15) is 22.3 Å². The Balaban J connectivity index is 1.66. The van der Waals surface area contributed by atoms with Gasteiger partial charge in [-0.3, -0.25) is 14.9 Å². The zero-order chi connectivity index (χ0) is 23.7. The molecule has 0 radical (unpaired) electrons. The minimum atomic E-state index is -0.825. The van der Waals surface area contributed by atoms with Crippen LogP contribution in [0.3, 0.4) is 0 Å². The Morgan fingerprint density at radius 1 is 0.970 bits per heavy atom. The number of aryl methyl sites for hydroxylation is 1. The number of imide groups is 2. The third-order valence-corrected chi connectivity index (χ3v) is 6.60. The number of anilines is 1. The minimum Gasteiger partial charge on any atom is -0.273 e. The molecule has 0 aromatic heterocycles. The van der Waals surface area contributed by atoms with Gasteiger partial charge in [0.1, 0.15) is 5.57 Å². The van der Waals surface area contributed by atoms with Crippen LogP contribution in [0.15, 0.2) is 70.7 Å². The van der Waals surface area contributed by atoms with E-state index < -0.39 is 17.8 Å². The minimum absolute atomic E-state index is 0.177. The second-order valence-corrected chi connectivity index (χ2v) is 9.21. The Kier molecular flexibility index (Phi) is 6.70. The molecule has 1 aliphatic rings. The molecule has 0 bridgehead atoms. The zero-order valence-corrected chi connectivity index (χ0v) is 20.5. The number of barbiturate groups is 1. The fourth-order valence-electron chi connectivity index (χ4n) is 3.51. The van der Waals surface area contributed by atoms with Crippen molar-refractivity contribution in [2.45, 2.75) is 13.3 Å². The molecule has 33 heavy (non-hydrogen) atoms. The highest BCUT2D eigenvalue weighted by atomic mass is 79.9. The van der Waals surface area contributed by atoms with E-state index in [2.05, 4.69) is 21.2 Å². The molecule has 166 valence electrons. The molecule has 1 heterocycles. The maximum Gasteiger partial charge on any atom is 0.335 e. The van der Waals surface area contributed by atoms with Gasteiger partial charge in [0.25, 0.3) is 11.8 Å². The summed E-state index contributed by atoms with van der Waals surface area (Å²) in [4.78, 5) is 39.0. The molecule has 0 atom stereocenters. The van der Waals surface area contributed by atoms with Crippen molar-refractivity contribution in [1.82, 2.24) is 5.32 Å². The zero-order valence-electron chi connectivity index (χ0n) is 17.4. The summed E-state index contributed by atoms with van der Waals surface area (Å²) in [5, 5.41) is 3.09. The van der Waals surface area contributed by atoms with Crippen LogP contribution in [0.4, 0.5) is 10.5 Å². The number of hydrogen-bond acceptors (Lipinski definition) is 3. The number of nitrogens with one attached hydrogen (secondary N) is 1. The number of hydrogen-bond donors (Lipinski definition) is 1. The number of amides is 4. The Hall–Kier alpha value is -2.93. The molecule has 0 unspecified atom stereocenters. The Labute approximate surface area is 209 Å². The van der Waals surface area contributed by atoms with Gasteiger partial charge in [-0.05, 0) is 59.5 Å². The number of nitrogens with zero attached hydrogens (tertiary/aromatic N) is 1. The van der Waals surface area contributed by atoms with Crippen molar-refractivity contribution in [3.63, 3.8) is 0 Å². The van der Waals surface area contributed by atoms with E-state index in [4.69, 9.17) is 23.2 Å². The molecule has 1 aliphatic heterocycles. The van der Waals surface area contributed by atoms with Gasteiger partial charge in [-0.1, -0.05) is 75.5 Å². The molecule has 1 saturated heterocycles. The summed E-state index contributed by atoms with van der Waals surface area (Å²) in [6, 6.07) is 17.2. The number of urea groups is 1. The number of carbonyl (C=O) groups is 3. The molecule has 8 heteroatoms. The highest BCUT2D eigenvalue weighted by Crippen LogP contribution is 2.29. The molecule has 5 nitrogen and oxygen atoms in total. The van der Waals surface area contributed by atoms with E-state index in [0.29, 0.717) is 33.3 Å². The summed E-state index contributed by atoms with van der Waals surface area (Å²) >= 11 is 16.1. The van der Waals surface area contributed by atoms with Gasteiger partial charge < -0.3 is 0 Å². The summed E-state index contributed by atoms with van der Waals surface area (Å²) in [7, 11) is 0. The Morgan fingerprint density at radius 2 is 1.73 bits per heavy atom. The van der Waals surface area contributed by atoms with Crippen molar-refractivity contribution in [3.8, 4) is 0 Å². The first-order chi connectivity index (χ1) is 15.7. The lowest BCUT2D eigenvalue weighted by Gasteiger charge is -2.27. The lowest BCUT2D eigenvalue weighted by Crippen LogP contribution is -2.54. The number of benzene rings is 3. The van der Waals surface area contributed by atoms with E-state index in [1.165, 1.54) is 12.1 Å². The van der Waals surface area contributed by atoms with Crippen LogP contribution in [0.25, 0.3) is 6.08 Å². The molecule has 3 aromatic carbocycles. The molecule has 4 amide bonds. The summed E-state index contributed by atoms with van der Waals surface area (Å²) in [5.74, 6) is -1.50. The summed E-state index contributed by atoms with van der Waals surface area (Å²) in [6.45, 7) is 1.75. The summed E-state index contributed by atoms with van der Waals surface area (Å²) < 4.78 is 0.984. The molecular formula is C25H17BrCl2N2O3. The summed E-state index contributed by atoms with van der Waals surface area (Å²) in [5.41, 5.74) is 3.34. The van der Waals surface area contributed by atoms with Crippen molar-refractivity contribution in [2.75, 3.05) is 4.90 Å². The lowest BCUT2D eigenvalue weighted by atomic mass is 10.0. The van der Waals surface area contributed by atoms with E-state index in [0.717, 1.165) is 20.5 Å². The molecule has 1 fully saturated rings. The SMILES string of the molecule is Cc1ccc(Cl)cc1N1C(=O)NC(=O)/C(=C\c2ccc(Cc3ccccc3Br)c(Cl)c2)C1=O. The van der Waals surface area contributed by atoms with E-state index in [1.54, 1.807) is 31.2 Å². The Bertz CT molecular complexity index is 1340. The van der Waals surface area contributed by atoms with Gasteiger partial charge in [-0.2, -0.15) is 0 Å². The van der Waals surface area contributed by atoms with Crippen LogP contribution in [0.2, 0.25) is 10.0 Å². The Morgan fingerprint density at radius 3 is 2.45 bits per heavy atom. The van der Waals surface area contributed by atoms with E-state index >= 15 is 0 Å². The highest BCUT2D eigenvalue weighted by Gasteiger charge is 2.37. The molecular weight excluding hydrogens is 527 g/mol. The fourth-order valence-corrected chi connectivity index (χ4v) is 4.36. The highest BCUT2D eigenvalue weighted by molar-refractivity contribution is 9.10. The van der Waals surface area contributed by atoms with Crippen LogP contribution >= 0.6 is 39.1 Å². The van der Waals surface area contributed by atoms with Crippen LogP contribution in [0, 0.1) is 6.92 Å². The second kappa shape index (κ2) is 9.51. The fraction of sp³-hybridized carbons (Fsp3) is 0.0800. The molecule has 3 aromatic rings. The van der Waals surface area contributed by atoms with Crippen molar-refractivity contribution in [1.29, 1.82) is 0 Å². The van der Waals surface area contributed by atoms with Gasteiger partial charge in [0.2, 0.25) is 0 Å². The molecule has 0 saturated carbocycles. The van der Waals surface area contributed by atoms with Crippen LogP contribution in [0.5, 0.6) is 0 Å². The van der Waals surface area contributed by atoms with Gasteiger partial charge in [0.15, 0.2) is 0 Å². The van der Waals surface area contributed by atoms with Gasteiger partial charge >= 0.3 is 6.03 Å². The quantitative estimate of drug-likeness (QED) is 0.309. The van der Waals surface area contributed by atoms with Crippen molar-refractivity contribution < 1.29 is 14.4 Å². The van der Waals surface area contributed by atoms with Gasteiger partial charge in [0.05, 0.1) is 5.69 Å². The number of carbonyl (C=O) groups excluding carboxylic acids is 3. The first kappa shape index (κ1) is 23.2. The first-order valence-electron chi connectivity index (χ1n) is 9.94. The first-order valence-corrected chi connectivity index (χ1v) is 11.5. The topological polar surface area (TPSA) is 66.5 Å². The lowest BCUT2D eigenvalue weighted by molar-refractivity contribution is -0.122. The van der Waals surface area contributed by atoms with E-state index in [-0.39, 0.29) is 5.57 Å². The standard InChI is InChI=1S/C25H17BrCl2N2O3/c1-14-6-9-18(27)13-22(14)30-24(32)19(23(31)29-25(30)33)10-15-7-8-17(21(28)11-15)12-16-4-2-3-5-20(16)26/h2-11,13H,12H2,1H3,(H,29,31,33)/b19-10+. The third kappa shape index (κ3) is 4.88. The average molecular weight is 544 g/mol. The molecule has 0 spiro atoms. The van der Waals surface area contributed by atoms with E-state index in [9.17, 15) is 14.4 Å². The van der Waals surface area contributed by atoms with Gasteiger partial charge in [-0.15, -0.1) is 0 Å². The molecule has 0 aliphatic carbocycles. The molecule has 4 rings (SSSR count). The maximum atomic E-state index is 13.1. The normalized spacial score (nSPS) is 15.2. The largest absolute Gasteiger partial charge is 0.335 e. The maximum absolute atomic E-state index is 13.1. The third-order valence-electron chi connectivity index (χ3n) is 5.24. The van der Waals surface area contributed by atoms with Gasteiger partial charge in [-0.25, -0.2) is 9.69 Å².